The summed E-state index contributed by atoms with van der Waals surface area (Å²) >= 11 is 0. The van der Waals surface area contributed by atoms with Crippen LogP contribution >= 0.6 is 0 Å². The van der Waals surface area contributed by atoms with Crippen molar-refractivity contribution in [2.45, 2.75) is 18.9 Å². The lowest BCUT2D eigenvalue weighted by Gasteiger charge is -2.15. The Hall–Kier alpha value is -4.30. The van der Waals surface area contributed by atoms with Gasteiger partial charge in [-0.2, -0.15) is 26.3 Å². The molecular weight excluding hydrogens is 484 g/mol. The molecule has 35 heavy (non-hydrogen) atoms. The van der Waals surface area contributed by atoms with Crippen molar-refractivity contribution in [1.29, 1.82) is 0 Å². The van der Waals surface area contributed by atoms with Crippen LogP contribution < -0.4 is 0 Å². The first-order chi connectivity index (χ1) is 16.3. The van der Waals surface area contributed by atoms with Gasteiger partial charge in [0.15, 0.2) is 5.82 Å². The first-order valence-corrected chi connectivity index (χ1v) is 9.61. The number of aromatic nitrogens is 5. The highest BCUT2D eigenvalue weighted by atomic mass is 19.4. The molecule has 9 nitrogen and oxygen atoms in total. The van der Waals surface area contributed by atoms with Crippen molar-refractivity contribution in [1.82, 2.24) is 34.5 Å². The summed E-state index contributed by atoms with van der Waals surface area (Å²) in [6.45, 7) is -0.0777. The lowest BCUT2D eigenvalue weighted by atomic mass is 10.0. The molecular formula is C20H13F6N7O2. The maximum atomic E-state index is 13.2. The Morgan fingerprint density at radius 3 is 2.11 bits per heavy atom. The molecule has 1 aliphatic rings. The minimum absolute atomic E-state index is 0.00765. The Balaban J connectivity index is 1.72. The van der Waals surface area contributed by atoms with Gasteiger partial charge < -0.3 is 0 Å². The number of carbonyl (C=O) groups excluding carboxylic acids is 2. The highest BCUT2D eigenvalue weighted by Gasteiger charge is 2.39. The minimum atomic E-state index is -5.04. The monoisotopic (exact) mass is 497 g/mol. The number of benzene rings is 1. The summed E-state index contributed by atoms with van der Waals surface area (Å²) in [5.41, 5.74) is -3.23. The van der Waals surface area contributed by atoms with Gasteiger partial charge in [0.1, 0.15) is 18.4 Å². The molecule has 0 aliphatic carbocycles. The van der Waals surface area contributed by atoms with Crippen LogP contribution in [0.15, 0.2) is 48.9 Å². The topological polar surface area (TPSA) is 97.1 Å². The van der Waals surface area contributed by atoms with Crippen LogP contribution in [0.1, 0.15) is 16.7 Å². The van der Waals surface area contributed by atoms with Crippen molar-refractivity contribution in [3.05, 3.63) is 65.6 Å². The summed E-state index contributed by atoms with van der Waals surface area (Å²) in [4.78, 5) is 38.4. The number of amides is 3. The molecule has 0 N–H and O–H groups in total. The molecule has 15 heteroatoms. The molecule has 0 atom stereocenters. The number of rotatable bonds is 4. The minimum Gasteiger partial charge on any atom is -0.283 e. The van der Waals surface area contributed by atoms with E-state index in [1.807, 2.05) is 0 Å². The average molecular weight is 497 g/mol. The van der Waals surface area contributed by atoms with E-state index in [1.165, 1.54) is 25.8 Å². The summed E-state index contributed by atoms with van der Waals surface area (Å²) in [6, 6.07) is 0.300. The molecule has 0 spiro atoms. The van der Waals surface area contributed by atoms with E-state index >= 15 is 0 Å². The van der Waals surface area contributed by atoms with Crippen LogP contribution in [0, 0.1) is 0 Å². The fourth-order valence-electron chi connectivity index (χ4n) is 3.21. The zero-order valence-corrected chi connectivity index (χ0v) is 17.5. The zero-order valence-electron chi connectivity index (χ0n) is 17.5. The van der Waals surface area contributed by atoms with Gasteiger partial charge in [-0.1, -0.05) is 0 Å². The van der Waals surface area contributed by atoms with Gasteiger partial charge in [-0.3, -0.25) is 14.6 Å². The van der Waals surface area contributed by atoms with Crippen LogP contribution in [0.5, 0.6) is 0 Å². The van der Waals surface area contributed by atoms with E-state index in [-0.39, 0.29) is 18.3 Å². The molecule has 1 aliphatic heterocycles. The maximum Gasteiger partial charge on any atom is 0.416 e. The highest BCUT2D eigenvalue weighted by Crippen LogP contribution is 2.38. The molecule has 3 amide bonds. The smallest absolute Gasteiger partial charge is 0.283 e. The Bertz CT molecular complexity index is 1290. The third-order valence-corrected chi connectivity index (χ3v) is 4.90. The summed E-state index contributed by atoms with van der Waals surface area (Å²) in [6.07, 6.45) is -3.87. The lowest BCUT2D eigenvalue weighted by molar-refractivity contribution is -0.143. The van der Waals surface area contributed by atoms with E-state index in [9.17, 15) is 35.9 Å². The first kappa shape index (κ1) is 23.8. The van der Waals surface area contributed by atoms with Gasteiger partial charge in [-0.25, -0.2) is 24.4 Å². The van der Waals surface area contributed by atoms with Gasteiger partial charge in [-0.05, 0) is 18.2 Å². The molecule has 1 saturated heterocycles. The van der Waals surface area contributed by atoms with Gasteiger partial charge in [-0.15, -0.1) is 5.10 Å². The number of imide groups is 1. The molecule has 0 radical (unpaired) electrons. The van der Waals surface area contributed by atoms with Crippen LogP contribution in [-0.2, 0) is 23.7 Å². The van der Waals surface area contributed by atoms with Crippen molar-refractivity contribution in [2.75, 3.05) is 7.05 Å². The van der Waals surface area contributed by atoms with Crippen molar-refractivity contribution in [2.24, 2.45) is 0 Å². The van der Waals surface area contributed by atoms with Gasteiger partial charge >= 0.3 is 18.4 Å². The molecule has 3 aromatic rings. The number of hydrogen-bond donors (Lipinski definition) is 0. The van der Waals surface area contributed by atoms with Crippen molar-refractivity contribution < 1.29 is 35.9 Å². The molecule has 182 valence electrons. The van der Waals surface area contributed by atoms with Gasteiger partial charge in [0.25, 0.3) is 5.91 Å². The number of nitrogens with zero attached hydrogens (tertiary/aromatic N) is 7. The van der Waals surface area contributed by atoms with Crippen molar-refractivity contribution >= 4 is 18.1 Å². The predicted molar refractivity (Wildman–Crippen MR) is 105 cm³/mol. The second-order valence-corrected chi connectivity index (χ2v) is 7.34. The average Bonchev–Trinajstić information content (AvgIpc) is 3.34. The van der Waals surface area contributed by atoms with Crippen LogP contribution in [0.4, 0.5) is 31.1 Å². The number of alkyl halides is 6. The number of halogens is 6. The van der Waals surface area contributed by atoms with E-state index in [0.29, 0.717) is 17.7 Å². The molecule has 3 heterocycles. The third-order valence-electron chi connectivity index (χ3n) is 4.90. The van der Waals surface area contributed by atoms with Crippen LogP contribution in [0.3, 0.4) is 0 Å². The quantitative estimate of drug-likeness (QED) is 0.310. The largest absolute Gasteiger partial charge is 0.416 e. The zero-order chi connectivity index (χ0) is 25.5. The second-order valence-electron chi connectivity index (χ2n) is 7.34. The molecule has 1 aromatic carbocycles. The number of carbonyl (C=O) groups is 2. The second kappa shape index (κ2) is 8.48. The van der Waals surface area contributed by atoms with Crippen LogP contribution in [-0.4, -0.2) is 53.5 Å². The van der Waals surface area contributed by atoms with E-state index in [0.717, 1.165) is 27.0 Å². The standard InChI is InChI=1S/C20H13F6N7O2/c1-31-17(34)15(33(18(31)35)7-11-5-27-9-28-6-11)8-32-10-29-16(30-32)12-2-13(19(21,22)23)4-14(3-12)20(24,25)26/h2-6,8-10H,7H2,1H3. The maximum absolute atomic E-state index is 13.2. The number of likely N-dealkylation sites (N-methyl/N-ethyl adjacent to an activating group) is 1. The van der Waals surface area contributed by atoms with Gasteiger partial charge in [0.05, 0.1) is 23.9 Å². The molecule has 1 fully saturated rings. The molecule has 2 aromatic heterocycles. The van der Waals surface area contributed by atoms with Crippen molar-refractivity contribution in [3.8, 4) is 11.4 Å². The lowest BCUT2D eigenvalue weighted by Crippen LogP contribution is -2.29. The van der Waals surface area contributed by atoms with Gasteiger partial charge in [0, 0.05) is 30.6 Å². The van der Waals surface area contributed by atoms with Crippen molar-refractivity contribution in [3.63, 3.8) is 0 Å². The van der Waals surface area contributed by atoms with E-state index in [2.05, 4.69) is 20.1 Å². The highest BCUT2D eigenvalue weighted by molar-refractivity contribution is 6.12. The number of urea groups is 1. The van der Waals surface area contributed by atoms with E-state index in [1.54, 1.807) is 0 Å². The normalized spacial score (nSPS) is 16.0. The van der Waals surface area contributed by atoms with Crippen LogP contribution in [0.25, 0.3) is 17.6 Å². The summed E-state index contributed by atoms with van der Waals surface area (Å²) < 4.78 is 79.8. The molecule has 0 saturated carbocycles. The summed E-state index contributed by atoms with van der Waals surface area (Å²) in [7, 11) is 1.24. The molecule has 0 unspecified atom stereocenters. The Morgan fingerprint density at radius 1 is 0.943 bits per heavy atom. The molecule has 4 rings (SSSR count). The third kappa shape index (κ3) is 4.83. The van der Waals surface area contributed by atoms with E-state index < -0.39 is 46.8 Å². The van der Waals surface area contributed by atoms with Crippen LogP contribution in [0.2, 0.25) is 0 Å². The Morgan fingerprint density at radius 2 is 1.54 bits per heavy atom. The first-order valence-electron chi connectivity index (χ1n) is 9.61. The van der Waals surface area contributed by atoms with E-state index in [4.69, 9.17) is 0 Å². The molecule has 0 bridgehead atoms. The summed E-state index contributed by atoms with van der Waals surface area (Å²) in [5, 5.41) is 3.88. The predicted octanol–water partition coefficient (Wildman–Crippen LogP) is 3.67. The SMILES string of the molecule is CN1C(=O)C(=Cn2cnc(-c3cc(C(F)(F)F)cc(C(F)(F)F)c3)n2)N(Cc2cncnc2)C1=O. The Kier molecular flexibility index (Phi) is 5.78. The number of hydrogen-bond acceptors (Lipinski definition) is 6. The fourth-order valence-corrected chi connectivity index (χ4v) is 3.21. The summed E-state index contributed by atoms with van der Waals surface area (Å²) in [5.74, 6) is -1.16. The van der Waals surface area contributed by atoms with Gasteiger partial charge in [0.2, 0.25) is 0 Å². The Labute approximate surface area is 192 Å². The fraction of sp³-hybridized carbons (Fsp3) is 0.200.